The molecule has 0 spiro atoms. The molecule has 1 aliphatic rings. The third-order valence-corrected chi connectivity index (χ3v) is 3.86. The highest BCUT2D eigenvalue weighted by Crippen LogP contribution is 2.44. The van der Waals surface area contributed by atoms with E-state index in [0.29, 0.717) is 5.41 Å². The van der Waals surface area contributed by atoms with Crippen molar-refractivity contribution in [2.24, 2.45) is 5.41 Å². The molecule has 104 valence electrons. The average molecular weight is 267 g/mol. The van der Waals surface area contributed by atoms with E-state index in [4.69, 9.17) is 4.74 Å². The summed E-state index contributed by atoms with van der Waals surface area (Å²) in [6, 6.07) is 18.2. The summed E-state index contributed by atoms with van der Waals surface area (Å²) in [6.07, 6.45) is 2.72. The molecule has 0 aromatic heterocycles. The maximum Gasteiger partial charge on any atom is 0.127 e. The lowest BCUT2D eigenvalue weighted by molar-refractivity contribution is 0.479. The third kappa shape index (κ3) is 3.61. The molecule has 1 aliphatic carbocycles. The minimum atomic E-state index is 0.554. The smallest absolute Gasteiger partial charge is 0.127 e. The zero-order valence-electron chi connectivity index (χ0n) is 11.9. The van der Waals surface area contributed by atoms with Gasteiger partial charge in [-0.2, -0.15) is 0 Å². The van der Waals surface area contributed by atoms with Gasteiger partial charge in [0.25, 0.3) is 0 Å². The number of para-hydroxylation sites is 1. The molecule has 0 saturated heterocycles. The van der Waals surface area contributed by atoms with E-state index in [1.54, 1.807) is 0 Å². The van der Waals surface area contributed by atoms with Gasteiger partial charge in [0.15, 0.2) is 0 Å². The third-order valence-electron chi connectivity index (χ3n) is 3.86. The van der Waals surface area contributed by atoms with Crippen LogP contribution in [-0.4, -0.2) is 6.54 Å². The van der Waals surface area contributed by atoms with Crippen LogP contribution in [0.4, 0.5) is 0 Å². The molecular weight excluding hydrogens is 246 g/mol. The second-order valence-corrected chi connectivity index (χ2v) is 5.98. The Morgan fingerprint density at radius 1 is 1.00 bits per heavy atom. The van der Waals surface area contributed by atoms with E-state index in [0.717, 1.165) is 24.6 Å². The summed E-state index contributed by atoms with van der Waals surface area (Å²) in [4.78, 5) is 0. The Bertz CT molecular complexity index is 561. The van der Waals surface area contributed by atoms with Gasteiger partial charge in [-0.25, -0.2) is 0 Å². The van der Waals surface area contributed by atoms with Crippen molar-refractivity contribution in [1.29, 1.82) is 0 Å². The molecule has 2 aromatic carbocycles. The Kier molecular flexibility index (Phi) is 3.75. The van der Waals surface area contributed by atoms with Gasteiger partial charge in [-0.05, 0) is 48.1 Å². The van der Waals surface area contributed by atoms with Crippen LogP contribution in [0.3, 0.4) is 0 Å². The lowest BCUT2D eigenvalue weighted by atomic mass is 10.1. The Balaban J connectivity index is 1.58. The normalized spacial score (nSPS) is 15.8. The predicted octanol–water partition coefficient (Wildman–Crippen LogP) is 4.37. The maximum atomic E-state index is 5.85. The fourth-order valence-corrected chi connectivity index (χ4v) is 2.24. The maximum absolute atomic E-state index is 5.85. The molecule has 2 heteroatoms. The van der Waals surface area contributed by atoms with Crippen LogP contribution in [0.1, 0.15) is 25.3 Å². The van der Waals surface area contributed by atoms with Crippen molar-refractivity contribution in [2.75, 3.05) is 6.54 Å². The van der Waals surface area contributed by atoms with Crippen LogP contribution >= 0.6 is 0 Å². The molecule has 1 N–H and O–H groups in total. The highest BCUT2D eigenvalue weighted by atomic mass is 16.5. The molecule has 2 aromatic rings. The second-order valence-electron chi connectivity index (χ2n) is 5.98. The van der Waals surface area contributed by atoms with Crippen LogP contribution in [0.25, 0.3) is 0 Å². The average Bonchev–Trinajstić information content (AvgIpc) is 3.18. The van der Waals surface area contributed by atoms with Crippen molar-refractivity contribution in [3.05, 3.63) is 60.2 Å². The van der Waals surface area contributed by atoms with Crippen LogP contribution in [0.5, 0.6) is 11.5 Å². The van der Waals surface area contributed by atoms with E-state index >= 15 is 0 Å². The standard InChI is InChI=1S/C18H21NO/c1-18(10-11-18)14-19-13-15-6-5-9-17(12-15)20-16-7-3-2-4-8-16/h2-9,12,19H,10-11,13-14H2,1H3. The predicted molar refractivity (Wildman–Crippen MR) is 82.0 cm³/mol. The summed E-state index contributed by atoms with van der Waals surface area (Å²) in [5.74, 6) is 1.77. The van der Waals surface area contributed by atoms with E-state index < -0.39 is 0 Å². The largest absolute Gasteiger partial charge is 0.457 e. The summed E-state index contributed by atoms with van der Waals surface area (Å²) in [6.45, 7) is 4.35. The van der Waals surface area contributed by atoms with Crippen LogP contribution in [0.15, 0.2) is 54.6 Å². The molecule has 0 amide bonds. The summed E-state index contributed by atoms with van der Waals surface area (Å²) >= 11 is 0. The number of hydrogen-bond acceptors (Lipinski definition) is 2. The first-order valence-electron chi connectivity index (χ1n) is 7.26. The molecule has 2 nitrogen and oxygen atoms in total. The number of rotatable bonds is 6. The first-order valence-corrected chi connectivity index (χ1v) is 7.26. The Labute approximate surface area is 120 Å². The number of benzene rings is 2. The van der Waals surface area contributed by atoms with Gasteiger partial charge in [0, 0.05) is 13.1 Å². The molecule has 20 heavy (non-hydrogen) atoms. The van der Waals surface area contributed by atoms with Gasteiger partial charge in [0.1, 0.15) is 11.5 Å². The van der Waals surface area contributed by atoms with Gasteiger partial charge >= 0.3 is 0 Å². The highest BCUT2D eigenvalue weighted by Gasteiger charge is 2.36. The van der Waals surface area contributed by atoms with Gasteiger partial charge in [-0.15, -0.1) is 0 Å². The lowest BCUT2D eigenvalue weighted by Gasteiger charge is -2.11. The van der Waals surface area contributed by atoms with E-state index in [2.05, 4.69) is 24.4 Å². The topological polar surface area (TPSA) is 21.3 Å². The van der Waals surface area contributed by atoms with Gasteiger partial charge in [-0.3, -0.25) is 0 Å². The zero-order valence-corrected chi connectivity index (χ0v) is 11.9. The molecule has 0 aliphatic heterocycles. The Morgan fingerprint density at radius 2 is 1.75 bits per heavy atom. The molecule has 0 unspecified atom stereocenters. The summed E-state index contributed by atoms with van der Waals surface area (Å²) in [5.41, 5.74) is 1.82. The molecule has 3 rings (SSSR count). The van der Waals surface area contributed by atoms with Crippen molar-refractivity contribution < 1.29 is 4.74 Å². The minimum Gasteiger partial charge on any atom is -0.457 e. The molecule has 0 bridgehead atoms. The molecule has 0 atom stereocenters. The summed E-state index contributed by atoms with van der Waals surface area (Å²) in [7, 11) is 0. The van der Waals surface area contributed by atoms with Crippen molar-refractivity contribution in [3.63, 3.8) is 0 Å². The number of hydrogen-bond donors (Lipinski definition) is 1. The first kappa shape index (κ1) is 13.2. The quantitative estimate of drug-likeness (QED) is 0.839. The number of nitrogens with one attached hydrogen (secondary N) is 1. The Hall–Kier alpha value is -1.80. The van der Waals surface area contributed by atoms with Crippen LogP contribution < -0.4 is 10.1 Å². The molecule has 0 radical (unpaired) electrons. The summed E-state index contributed by atoms with van der Waals surface area (Å²) < 4.78 is 5.85. The fourth-order valence-electron chi connectivity index (χ4n) is 2.24. The summed E-state index contributed by atoms with van der Waals surface area (Å²) in [5, 5.41) is 3.54. The van der Waals surface area contributed by atoms with Crippen molar-refractivity contribution in [3.8, 4) is 11.5 Å². The van der Waals surface area contributed by atoms with Crippen LogP contribution in [-0.2, 0) is 6.54 Å². The number of ether oxygens (including phenoxy) is 1. The van der Waals surface area contributed by atoms with Crippen molar-refractivity contribution >= 4 is 0 Å². The van der Waals surface area contributed by atoms with E-state index in [1.165, 1.54) is 18.4 Å². The van der Waals surface area contributed by atoms with E-state index in [9.17, 15) is 0 Å². The monoisotopic (exact) mass is 267 g/mol. The highest BCUT2D eigenvalue weighted by molar-refractivity contribution is 5.33. The first-order chi connectivity index (χ1) is 9.73. The van der Waals surface area contributed by atoms with Crippen LogP contribution in [0, 0.1) is 5.41 Å². The van der Waals surface area contributed by atoms with Gasteiger partial charge in [0.05, 0.1) is 0 Å². The van der Waals surface area contributed by atoms with Crippen LogP contribution in [0.2, 0.25) is 0 Å². The van der Waals surface area contributed by atoms with Gasteiger partial charge in [-0.1, -0.05) is 37.3 Å². The molecule has 1 fully saturated rings. The van der Waals surface area contributed by atoms with Crippen molar-refractivity contribution in [1.82, 2.24) is 5.32 Å². The Morgan fingerprint density at radius 3 is 2.50 bits per heavy atom. The fraction of sp³-hybridized carbons (Fsp3) is 0.333. The lowest BCUT2D eigenvalue weighted by Crippen LogP contribution is -2.21. The zero-order chi connectivity index (χ0) is 13.8. The van der Waals surface area contributed by atoms with E-state index in [1.807, 2.05) is 42.5 Å². The molecule has 1 saturated carbocycles. The molecule has 0 heterocycles. The van der Waals surface area contributed by atoms with Gasteiger partial charge < -0.3 is 10.1 Å². The minimum absolute atomic E-state index is 0.554. The van der Waals surface area contributed by atoms with Gasteiger partial charge in [0.2, 0.25) is 0 Å². The SMILES string of the molecule is CC1(CNCc2cccc(Oc3ccccc3)c2)CC1. The van der Waals surface area contributed by atoms with E-state index in [-0.39, 0.29) is 0 Å². The second kappa shape index (κ2) is 5.68. The van der Waals surface area contributed by atoms with Crippen molar-refractivity contribution in [2.45, 2.75) is 26.3 Å². The molecular formula is C18H21NO.